The molecule has 3 aromatic rings. The summed E-state index contributed by atoms with van der Waals surface area (Å²) in [6, 6.07) is 23.7. The zero-order valence-corrected chi connectivity index (χ0v) is 13.2. The van der Waals surface area contributed by atoms with E-state index < -0.39 is 0 Å². The van der Waals surface area contributed by atoms with Crippen molar-refractivity contribution >= 4 is 28.5 Å². The Kier molecular flexibility index (Phi) is 4.82. The monoisotopic (exact) mass is 314 g/mol. The third kappa shape index (κ3) is 3.76. The molecule has 0 heterocycles. The summed E-state index contributed by atoms with van der Waals surface area (Å²) < 4.78 is 0. The van der Waals surface area contributed by atoms with Crippen LogP contribution in [0, 0.1) is 5.41 Å². The van der Waals surface area contributed by atoms with Gasteiger partial charge in [-0.1, -0.05) is 66.7 Å². The number of carbonyl (C=O) groups is 1. The maximum atomic E-state index is 12.1. The molecule has 0 saturated carbocycles. The van der Waals surface area contributed by atoms with Gasteiger partial charge in [0, 0.05) is 24.4 Å². The molecule has 0 aliphatic rings. The lowest BCUT2D eigenvalue weighted by molar-refractivity contribution is -0.116. The van der Waals surface area contributed by atoms with Crippen LogP contribution in [0.2, 0.25) is 0 Å². The molecule has 24 heavy (non-hydrogen) atoms. The standard InChI is InChI=1S/C21H18N2O/c22-14-20(13-21(24)23-15-16-6-2-1-3-7-16)19-11-10-17-8-4-5-9-18(17)12-19/h1-14,22H,15H2,(H,23,24)/b20-13+,22-14?. The maximum Gasteiger partial charge on any atom is 0.244 e. The minimum absolute atomic E-state index is 0.203. The molecule has 0 aliphatic carbocycles. The van der Waals surface area contributed by atoms with E-state index in [0.29, 0.717) is 12.1 Å². The Morgan fingerprint density at radius 3 is 2.38 bits per heavy atom. The third-order valence-corrected chi connectivity index (χ3v) is 3.83. The molecule has 3 nitrogen and oxygen atoms in total. The van der Waals surface area contributed by atoms with Gasteiger partial charge >= 0.3 is 0 Å². The van der Waals surface area contributed by atoms with Crippen LogP contribution in [0.1, 0.15) is 11.1 Å². The highest BCUT2D eigenvalue weighted by Gasteiger charge is 2.04. The molecule has 3 aromatic carbocycles. The van der Waals surface area contributed by atoms with Gasteiger partial charge in [-0.25, -0.2) is 0 Å². The van der Waals surface area contributed by atoms with Crippen molar-refractivity contribution in [1.29, 1.82) is 5.41 Å². The zero-order chi connectivity index (χ0) is 16.8. The number of carbonyl (C=O) groups excluding carboxylic acids is 1. The van der Waals surface area contributed by atoms with E-state index in [9.17, 15) is 4.79 Å². The van der Waals surface area contributed by atoms with Crippen LogP contribution in [0.25, 0.3) is 16.3 Å². The topological polar surface area (TPSA) is 53.0 Å². The maximum absolute atomic E-state index is 12.1. The van der Waals surface area contributed by atoms with Gasteiger partial charge in [-0.15, -0.1) is 0 Å². The molecule has 0 unspecified atom stereocenters. The van der Waals surface area contributed by atoms with Crippen LogP contribution >= 0.6 is 0 Å². The van der Waals surface area contributed by atoms with Gasteiger partial charge in [0.2, 0.25) is 5.91 Å². The Morgan fingerprint density at radius 2 is 1.62 bits per heavy atom. The van der Waals surface area contributed by atoms with Gasteiger partial charge in [0.05, 0.1) is 0 Å². The van der Waals surface area contributed by atoms with Crippen molar-refractivity contribution in [2.45, 2.75) is 6.54 Å². The molecular weight excluding hydrogens is 296 g/mol. The predicted octanol–water partition coefficient (Wildman–Crippen LogP) is 4.19. The van der Waals surface area contributed by atoms with Crippen LogP contribution in [0.4, 0.5) is 0 Å². The summed E-state index contributed by atoms with van der Waals surface area (Å²) >= 11 is 0. The van der Waals surface area contributed by atoms with E-state index in [4.69, 9.17) is 5.41 Å². The second kappa shape index (κ2) is 7.38. The van der Waals surface area contributed by atoms with Crippen molar-refractivity contribution in [3.05, 3.63) is 90.0 Å². The third-order valence-electron chi connectivity index (χ3n) is 3.83. The molecule has 3 heteroatoms. The number of hydrogen-bond donors (Lipinski definition) is 2. The molecule has 0 saturated heterocycles. The SMILES string of the molecule is N=C/C(=C\C(=O)NCc1ccccc1)c1ccc2ccccc2c1. The predicted molar refractivity (Wildman–Crippen MR) is 99.0 cm³/mol. The lowest BCUT2D eigenvalue weighted by Gasteiger charge is -2.06. The van der Waals surface area contributed by atoms with E-state index in [2.05, 4.69) is 5.32 Å². The fourth-order valence-corrected chi connectivity index (χ4v) is 2.55. The summed E-state index contributed by atoms with van der Waals surface area (Å²) in [4.78, 5) is 12.1. The summed E-state index contributed by atoms with van der Waals surface area (Å²) in [5, 5.41) is 12.7. The van der Waals surface area contributed by atoms with Crippen LogP contribution in [0.15, 0.2) is 78.9 Å². The van der Waals surface area contributed by atoms with Crippen LogP contribution in [-0.2, 0) is 11.3 Å². The van der Waals surface area contributed by atoms with Gasteiger partial charge in [0.25, 0.3) is 0 Å². The number of benzene rings is 3. The first-order chi connectivity index (χ1) is 11.8. The Bertz CT molecular complexity index is 898. The Balaban J connectivity index is 1.77. The summed E-state index contributed by atoms with van der Waals surface area (Å²) in [7, 11) is 0. The fourth-order valence-electron chi connectivity index (χ4n) is 2.55. The van der Waals surface area contributed by atoms with E-state index in [1.54, 1.807) is 0 Å². The summed E-state index contributed by atoms with van der Waals surface area (Å²) in [5.41, 5.74) is 2.49. The molecule has 0 spiro atoms. The van der Waals surface area contributed by atoms with E-state index in [-0.39, 0.29) is 5.91 Å². The highest BCUT2D eigenvalue weighted by atomic mass is 16.1. The molecule has 0 atom stereocenters. The first-order valence-corrected chi connectivity index (χ1v) is 7.79. The Labute approximate surface area is 141 Å². The van der Waals surface area contributed by atoms with Gasteiger partial charge in [0.1, 0.15) is 0 Å². The first-order valence-electron chi connectivity index (χ1n) is 7.79. The number of rotatable bonds is 5. The zero-order valence-electron chi connectivity index (χ0n) is 13.2. The van der Waals surface area contributed by atoms with Crippen molar-refractivity contribution in [3.8, 4) is 0 Å². The Hall–Kier alpha value is -3.20. The van der Waals surface area contributed by atoms with E-state index in [1.807, 2.05) is 72.8 Å². The molecule has 3 rings (SSSR count). The molecule has 0 aromatic heterocycles. The quantitative estimate of drug-likeness (QED) is 0.538. The largest absolute Gasteiger partial charge is 0.348 e. The van der Waals surface area contributed by atoms with Crippen LogP contribution in [-0.4, -0.2) is 12.1 Å². The van der Waals surface area contributed by atoms with Crippen molar-refractivity contribution in [1.82, 2.24) is 5.32 Å². The number of fused-ring (bicyclic) bond motifs is 1. The molecule has 1 amide bonds. The summed E-state index contributed by atoms with van der Waals surface area (Å²) in [6.07, 6.45) is 2.69. The summed E-state index contributed by atoms with van der Waals surface area (Å²) in [5.74, 6) is -0.203. The normalized spacial score (nSPS) is 11.2. The number of amides is 1. The van der Waals surface area contributed by atoms with Crippen LogP contribution in [0.3, 0.4) is 0 Å². The molecule has 0 fully saturated rings. The fraction of sp³-hybridized carbons (Fsp3) is 0.0476. The highest BCUT2D eigenvalue weighted by molar-refractivity contribution is 6.15. The molecular formula is C21H18N2O. The van der Waals surface area contributed by atoms with Crippen molar-refractivity contribution < 1.29 is 4.79 Å². The van der Waals surface area contributed by atoms with Gasteiger partial charge in [0.15, 0.2) is 0 Å². The van der Waals surface area contributed by atoms with Crippen molar-refractivity contribution in [2.24, 2.45) is 0 Å². The average molecular weight is 314 g/mol. The van der Waals surface area contributed by atoms with E-state index in [1.165, 1.54) is 12.3 Å². The number of allylic oxidation sites excluding steroid dienone is 1. The Morgan fingerprint density at radius 1 is 0.917 bits per heavy atom. The summed E-state index contributed by atoms with van der Waals surface area (Å²) in [6.45, 7) is 0.471. The first kappa shape index (κ1) is 15.7. The van der Waals surface area contributed by atoms with Crippen LogP contribution in [0.5, 0.6) is 0 Å². The van der Waals surface area contributed by atoms with Crippen LogP contribution < -0.4 is 5.32 Å². The highest BCUT2D eigenvalue weighted by Crippen LogP contribution is 2.20. The van der Waals surface area contributed by atoms with Gasteiger partial charge in [-0.05, 0) is 28.0 Å². The number of nitrogens with one attached hydrogen (secondary N) is 2. The molecule has 2 N–H and O–H groups in total. The molecule has 0 bridgehead atoms. The van der Waals surface area contributed by atoms with Gasteiger partial charge in [-0.2, -0.15) is 0 Å². The molecule has 0 aliphatic heterocycles. The average Bonchev–Trinajstić information content (AvgIpc) is 2.65. The lowest BCUT2D eigenvalue weighted by Crippen LogP contribution is -2.20. The van der Waals surface area contributed by atoms with Crippen molar-refractivity contribution in [2.75, 3.05) is 0 Å². The smallest absolute Gasteiger partial charge is 0.244 e. The van der Waals surface area contributed by atoms with Gasteiger partial charge in [-0.3, -0.25) is 4.79 Å². The lowest BCUT2D eigenvalue weighted by atomic mass is 10.0. The second-order valence-electron chi connectivity index (χ2n) is 5.51. The second-order valence-corrected chi connectivity index (χ2v) is 5.51. The number of hydrogen-bond acceptors (Lipinski definition) is 2. The van der Waals surface area contributed by atoms with Crippen molar-refractivity contribution in [3.63, 3.8) is 0 Å². The minimum atomic E-state index is -0.203. The molecule has 118 valence electrons. The van der Waals surface area contributed by atoms with Gasteiger partial charge < -0.3 is 10.7 Å². The molecule has 0 radical (unpaired) electrons. The van der Waals surface area contributed by atoms with E-state index >= 15 is 0 Å². The van der Waals surface area contributed by atoms with E-state index in [0.717, 1.165) is 21.9 Å². The minimum Gasteiger partial charge on any atom is -0.348 e.